The second-order valence-corrected chi connectivity index (χ2v) is 11.9. The first kappa shape index (κ1) is 29.9. The summed E-state index contributed by atoms with van der Waals surface area (Å²) in [4.78, 5) is 40.4. The molecule has 0 radical (unpaired) electrons. The van der Waals surface area contributed by atoms with Crippen molar-refractivity contribution in [3.8, 4) is 0 Å². The van der Waals surface area contributed by atoms with E-state index in [2.05, 4.69) is 20.3 Å². The highest BCUT2D eigenvalue weighted by molar-refractivity contribution is 5.94. The van der Waals surface area contributed by atoms with E-state index in [4.69, 9.17) is 10.5 Å². The number of nitrogens with two attached hydrogens (primary N) is 1. The number of carbonyl (C=O) groups is 2. The smallest absolute Gasteiger partial charge is 0.407 e. The first-order valence-electron chi connectivity index (χ1n) is 14.2. The van der Waals surface area contributed by atoms with Crippen molar-refractivity contribution in [1.29, 1.82) is 0 Å². The molecular formula is C31H37N7O5. The van der Waals surface area contributed by atoms with E-state index >= 15 is 0 Å². The Morgan fingerprint density at radius 1 is 1.05 bits per heavy atom. The van der Waals surface area contributed by atoms with E-state index < -0.39 is 29.9 Å². The van der Waals surface area contributed by atoms with Crippen LogP contribution >= 0.6 is 0 Å². The standard InChI is InChI=1S/C31H37N7O5/c1-31(2,3)43-30(42)33-14-19-9-11-21(12-10-19)29(41)37(15-20-7-5-4-6-8-20)16-22-13-23(39)26(40)25(22)38-18-36-24-27(32)34-17-35-28(24)38/h4-12,17-18,22-23,25-26,39-40H,13-16H2,1-3H3,(H,33,42)(H2,32,34,35)/t22-,23-,25-,26-/m0/s1. The Morgan fingerprint density at radius 2 is 1.77 bits per heavy atom. The second-order valence-electron chi connectivity index (χ2n) is 11.9. The lowest BCUT2D eigenvalue weighted by Crippen LogP contribution is -2.38. The maximum absolute atomic E-state index is 13.9. The van der Waals surface area contributed by atoms with Gasteiger partial charge in [-0.1, -0.05) is 42.5 Å². The maximum Gasteiger partial charge on any atom is 0.407 e. The van der Waals surface area contributed by atoms with E-state index in [1.807, 2.05) is 30.3 Å². The average Bonchev–Trinajstić information content (AvgIpc) is 3.51. The number of nitrogen functional groups attached to an aromatic ring is 1. The number of fused-ring (bicyclic) bond motifs is 1. The van der Waals surface area contributed by atoms with E-state index in [1.54, 1.807) is 60.8 Å². The molecule has 1 aliphatic carbocycles. The lowest BCUT2D eigenvalue weighted by atomic mass is 10.00. The number of anilines is 1. The van der Waals surface area contributed by atoms with Gasteiger partial charge < -0.3 is 35.5 Å². The Bertz CT molecular complexity index is 1570. The molecule has 4 aromatic rings. The molecule has 0 saturated heterocycles. The summed E-state index contributed by atoms with van der Waals surface area (Å²) in [5.74, 6) is -0.297. The number of rotatable bonds is 8. The molecule has 0 aliphatic heterocycles. The third-order valence-corrected chi connectivity index (χ3v) is 7.47. The van der Waals surface area contributed by atoms with Crippen LogP contribution in [0.3, 0.4) is 0 Å². The highest BCUT2D eigenvalue weighted by atomic mass is 16.6. The molecule has 12 heteroatoms. The molecule has 2 aromatic carbocycles. The zero-order valence-corrected chi connectivity index (χ0v) is 24.4. The van der Waals surface area contributed by atoms with Gasteiger partial charge in [0.2, 0.25) is 0 Å². The minimum absolute atomic E-state index is 0.202. The Morgan fingerprint density at radius 3 is 2.47 bits per heavy atom. The highest BCUT2D eigenvalue weighted by Gasteiger charge is 2.44. The van der Waals surface area contributed by atoms with Crippen LogP contribution < -0.4 is 11.1 Å². The van der Waals surface area contributed by atoms with Gasteiger partial charge in [-0.2, -0.15) is 0 Å². The molecule has 1 saturated carbocycles. The van der Waals surface area contributed by atoms with Crippen LogP contribution in [0.15, 0.2) is 67.3 Å². The van der Waals surface area contributed by atoms with Crippen LogP contribution in [0.25, 0.3) is 11.2 Å². The van der Waals surface area contributed by atoms with Gasteiger partial charge in [0.1, 0.15) is 23.5 Å². The molecule has 4 atom stereocenters. The molecule has 2 aromatic heterocycles. The number of hydrogen-bond acceptors (Lipinski definition) is 9. The predicted molar refractivity (Wildman–Crippen MR) is 160 cm³/mol. The number of carbonyl (C=O) groups excluding carboxylic acids is 2. The molecule has 12 nitrogen and oxygen atoms in total. The quantitative estimate of drug-likeness (QED) is 0.242. The maximum atomic E-state index is 13.9. The number of amides is 2. The fraction of sp³-hybridized carbons (Fsp3) is 0.387. The van der Waals surface area contributed by atoms with Gasteiger partial charge in [0.25, 0.3) is 5.91 Å². The predicted octanol–water partition coefficient (Wildman–Crippen LogP) is 3.06. The summed E-state index contributed by atoms with van der Waals surface area (Å²) in [6.45, 7) is 6.23. The van der Waals surface area contributed by atoms with E-state index in [1.165, 1.54) is 6.33 Å². The average molecular weight is 588 g/mol. The van der Waals surface area contributed by atoms with E-state index in [9.17, 15) is 19.8 Å². The third-order valence-electron chi connectivity index (χ3n) is 7.47. The Kier molecular flexibility index (Phi) is 8.60. The number of alkyl carbamates (subject to hydrolysis) is 1. The summed E-state index contributed by atoms with van der Waals surface area (Å²) in [6, 6.07) is 16.1. The zero-order valence-electron chi connectivity index (χ0n) is 24.4. The van der Waals surface area contributed by atoms with Crippen LogP contribution in [0.1, 0.15) is 54.7 Å². The molecule has 0 spiro atoms. The molecule has 0 unspecified atom stereocenters. The van der Waals surface area contributed by atoms with Crippen LogP contribution in [0, 0.1) is 5.92 Å². The van der Waals surface area contributed by atoms with Gasteiger partial charge in [-0.25, -0.2) is 19.7 Å². The summed E-state index contributed by atoms with van der Waals surface area (Å²) in [5.41, 5.74) is 8.48. The zero-order chi connectivity index (χ0) is 30.7. The van der Waals surface area contributed by atoms with Crippen LogP contribution in [0.2, 0.25) is 0 Å². The SMILES string of the molecule is CC(C)(C)OC(=O)NCc1ccc(C(=O)N(Cc2ccccc2)C[C@@H]2C[C@H](O)[C@H](O)[C@H]2n2cnc3c(N)ncnc32)cc1. The first-order valence-corrected chi connectivity index (χ1v) is 14.2. The van der Waals surface area contributed by atoms with Crippen LogP contribution in [-0.2, 0) is 17.8 Å². The lowest BCUT2D eigenvalue weighted by Gasteiger charge is -2.30. The summed E-state index contributed by atoms with van der Waals surface area (Å²) in [5, 5.41) is 24.5. The topological polar surface area (TPSA) is 169 Å². The number of aliphatic hydroxyl groups is 2. The van der Waals surface area contributed by atoms with E-state index in [0.717, 1.165) is 11.1 Å². The van der Waals surface area contributed by atoms with Gasteiger partial charge >= 0.3 is 6.09 Å². The normalized spacial score (nSPS) is 20.2. The number of aromatic nitrogens is 4. The van der Waals surface area contributed by atoms with Crippen LogP contribution in [0.4, 0.5) is 10.6 Å². The fourth-order valence-electron chi connectivity index (χ4n) is 5.50. The summed E-state index contributed by atoms with van der Waals surface area (Å²) >= 11 is 0. The van der Waals surface area contributed by atoms with Gasteiger partial charge in [-0.3, -0.25) is 4.79 Å². The molecule has 1 aliphatic rings. The second kappa shape index (κ2) is 12.4. The van der Waals surface area contributed by atoms with Crippen molar-refractivity contribution in [2.45, 2.75) is 64.1 Å². The van der Waals surface area contributed by atoms with E-state index in [-0.39, 0.29) is 37.2 Å². The number of hydrogen-bond donors (Lipinski definition) is 4. The molecule has 43 heavy (non-hydrogen) atoms. The third kappa shape index (κ3) is 6.92. The molecule has 5 rings (SSSR count). The Hall–Kier alpha value is -4.55. The number of ether oxygens (including phenoxy) is 1. The largest absolute Gasteiger partial charge is 0.444 e. The van der Waals surface area contributed by atoms with Crippen molar-refractivity contribution in [1.82, 2.24) is 29.7 Å². The Labute approximate surface area is 249 Å². The monoisotopic (exact) mass is 587 g/mol. The van der Waals surface area contributed by atoms with Gasteiger partial charge in [0, 0.05) is 31.1 Å². The number of nitrogens with zero attached hydrogens (tertiary/aromatic N) is 5. The van der Waals surface area contributed by atoms with Crippen molar-refractivity contribution in [3.05, 3.63) is 83.9 Å². The van der Waals surface area contributed by atoms with Crippen molar-refractivity contribution in [2.75, 3.05) is 12.3 Å². The van der Waals surface area contributed by atoms with Gasteiger partial charge in [0.05, 0.1) is 18.5 Å². The van der Waals surface area contributed by atoms with Crippen molar-refractivity contribution in [3.63, 3.8) is 0 Å². The summed E-state index contributed by atoms with van der Waals surface area (Å²) < 4.78 is 7.01. The molecule has 226 valence electrons. The molecule has 2 heterocycles. The lowest BCUT2D eigenvalue weighted by molar-refractivity contribution is 0.0223. The van der Waals surface area contributed by atoms with Crippen molar-refractivity contribution >= 4 is 29.0 Å². The number of benzene rings is 2. The van der Waals surface area contributed by atoms with E-state index in [0.29, 0.717) is 23.3 Å². The van der Waals surface area contributed by atoms with Gasteiger partial charge in [-0.15, -0.1) is 0 Å². The molecule has 1 fully saturated rings. The minimum Gasteiger partial charge on any atom is -0.444 e. The molecule has 0 bridgehead atoms. The number of imidazole rings is 1. The van der Waals surface area contributed by atoms with Gasteiger partial charge in [0.15, 0.2) is 11.5 Å². The van der Waals surface area contributed by atoms with Crippen LogP contribution in [-0.4, -0.2) is 71.0 Å². The van der Waals surface area contributed by atoms with Gasteiger partial charge in [-0.05, 0) is 50.5 Å². The molecular weight excluding hydrogens is 550 g/mol. The van der Waals surface area contributed by atoms with Crippen molar-refractivity contribution < 1.29 is 24.5 Å². The fourth-order valence-corrected chi connectivity index (χ4v) is 5.50. The van der Waals surface area contributed by atoms with Crippen molar-refractivity contribution in [2.24, 2.45) is 5.92 Å². The number of aliphatic hydroxyl groups excluding tert-OH is 2. The number of nitrogens with one attached hydrogen (secondary N) is 1. The van der Waals surface area contributed by atoms with Crippen LogP contribution in [0.5, 0.6) is 0 Å². The Balaban J connectivity index is 1.37. The molecule has 2 amide bonds. The molecule has 5 N–H and O–H groups in total. The summed E-state index contributed by atoms with van der Waals surface area (Å²) in [6.07, 6.45) is 0.556. The highest BCUT2D eigenvalue weighted by Crippen LogP contribution is 2.39. The first-order chi connectivity index (χ1) is 20.5. The summed E-state index contributed by atoms with van der Waals surface area (Å²) in [7, 11) is 0. The minimum atomic E-state index is -1.09.